The summed E-state index contributed by atoms with van der Waals surface area (Å²) in [4.78, 5) is 11.2. The Morgan fingerprint density at radius 1 is 0.905 bits per heavy atom. The minimum atomic E-state index is -2.62. The van der Waals surface area contributed by atoms with E-state index in [1.165, 1.54) is 25.7 Å². The fourth-order valence-corrected chi connectivity index (χ4v) is 1.86. The molecule has 120 valence electrons. The Bertz CT molecular complexity index is 396. The molecule has 0 aromatic heterocycles. The number of esters is 1. The monoisotopic (exact) mass is 295 g/mol. The lowest BCUT2D eigenvalue weighted by Gasteiger charge is -1.95. The lowest BCUT2D eigenvalue weighted by atomic mass is 10.2. The van der Waals surface area contributed by atoms with E-state index in [2.05, 4.69) is 42.0 Å². The normalized spacial score (nSPS) is 14.6. The van der Waals surface area contributed by atoms with Gasteiger partial charge in [0.25, 0.3) is 0 Å². The largest absolute Gasteiger partial charge is 0.469 e. The number of methoxy groups -OCH3 is 1. The molecule has 0 aliphatic heterocycles. The fraction of sp³-hybridized carbons (Fsp3) is 0.632. The van der Waals surface area contributed by atoms with Gasteiger partial charge in [-0.25, -0.2) is 0 Å². The van der Waals surface area contributed by atoms with Gasteiger partial charge in [-0.3, -0.25) is 4.79 Å². The van der Waals surface area contributed by atoms with E-state index in [1.807, 2.05) is 6.08 Å². The standard InChI is InChI=1S/C19H32O2/c1-3-4-5-6-7-8-9-10-11-12-13-14-15-16-17-18-19(20)21-2/h7-8,10-11,14-15H,3-6,9,12-13,16-18H2,1-2H3/b8-7-,11-10-,15-14-/i2D3. The summed E-state index contributed by atoms with van der Waals surface area (Å²) in [7, 11) is -2.62. The lowest BCUT2D eigenvalue weighted by Crippen LogP contribution is -1.98. The molecule has 0 unspecified atom stereocenters. The number of unbranched alkanes of at least 4 members (excludes halogenated alkanes) is 5. The predicted octanol–water partition coefficient (Wildman–Crippen LogP) is 5.75. The maximum absolute atomic E-state index is 11.2. The highest BCUT2D eigenvalue weighted by Crippen LogP contribution is 2.02. The van der Waals surface area contributed by atoms with Crippen molar-refractivity contribution in [3.8, 4) is 0 Å². The van der Waals surface area contributed by atoms with E-state index in [0.717, 1.165) is 25.7 Å². The molecular formula is C19H32O2. The second-order valence-corrected chi connectivity index (χ2v) is 5.09. The van der Waals surface area contributed by atoms with Crippen LogP contribution in [0.15, 0.2) is 36.5 Å². The summed E-state index contributed by atoms with van der Waals surface area (Å²) in [5.41, 5.74) is 0. The smallest absolute Gasteiger partial charge is 0.305 e. The third kappa shape index (κ3) is 16.6. The van der Waals surface area contributed by atoms with Gasteiger partial charge in [0.2, 0.25) is 0 Å². The molecule has 0 aliphatic rings. The van der Waals surface area contributed by atoms with Crippen molar-refractivity contribution in [1.82, 2.24) is 0 Å². The van der Waals surface area contributed by atoms with Gasteiger partial charge in [-0.15, -0.1) is 0 Å². The molecule has 0 saturated carbocycles. The molecule has 21 heavy (non-hydrogen) atoms. The molecule has 0 N–H and O–H groups in total. The molecule has 0 saturated heterocycles. The first-order chi connectivity index (χ1) is 11.5. The molecule has 0 heterocycles. The minimum absolute atomic E-state index is 0.146. The molecule has 2 heteroatoms. The Hall–Kier alpha value is -1.31. The van der Waals surface area contributed by atoms with Gasteiger partial charge in [-0.1, -0.05) is 56.2 Å². The summed E-state index contributed by atoms with van der Waals surface area (Å²) in [6.45, 7) is 2.22. The van der Waals surface area contributed by atoms with Crippen LogP contribution in [0.1, 0.15) is 75.2 Å². The zero-order valence-corrected chi connectivity index (χ0v) is 13.4. The number of carbonyl (C=O) groups excluding carboxylic acids is 1. The van der Waals surface area contributed by atoms with Gasteiger partial charge >= 0.3 is 5.97 Å². The van der Waals surface area contributed by atoms with Crippen molar-refractivity contribution in [1.29, 1.82) is 0 Å². The molecule has 0 atom stereocenters. The van der Waals surface area contributed by atoms with E-state index in [0.29, 0.717) is 6.42 Å². The number of carbonyl (C=O) groups is 1. The van der Waals surface area contributed by atoms with E-state index >= 15 is 0 Å². The molecule has 0 aromatic rings. The Balaban J connectivity index is 3.46. The third-order valence-electron chi connectivity index (χ3n) is 3.11. The van der Waals surface area contributed by atoms with Gasteiger partial charge in [-0.2, -0.15) is 0 Å². The number of ether oxygens (including phenoxy) is 1. The topological polar surface area (TPSA) is 26.3 Å². The van der Waals surface area contributed by atoms with E-state index in [9.17, 15) is 4.79 Å². The molecule has 0 fully saturated rings. The molecule has 0 aromatic carbocycles. The van der Waals surface area contributed by atoms with Gasteiger partial charge < -0.3 is 4.74 Å². The lowest BCUT2D eigenvalue weighted by molar-refractivity contribution is -0.140. The zero-order chi connectivity index (χ0) is 18.1. The number of hydrogen-bond acceptors (Lipinski definition) is 2. The van der Waals surface area contributed by atoms with Crippen LogP contribution >= 0.6 is 0 Å². The summed E-state index contributed by atoms with van der Waals surface area (Å²) >= 11 is 0. The Morgan fingerprint density at radius 3 is 2.24 bits per heavy atom. The van der Waals surface area contributed by atoms with Crippen molar-refractivity contribution in [3.05, 3.63) is 36.5 Å². The average Bonchev–Trinajstić information content (AvgIpc) is 2.49. The van der Waals surface area contributed by atoms with Crippen LogP contribution in [-0.4, -0.2) is 13.0 Å². The van der Waals surface area contributed by atoms with Gasteiger partial charge in [0.1, 0.15) is 0 Å². The maximum Gasteiger partial charge on any atom is 0.305 e. The quantitative estimate of drug-likeness (QED) is 0.246. The summed E-state index contributed by atoms with van der Waals surface area (Å²) in [5.74, 6) is -0.658. The van der Waals surface area contributed by atoms with E-state index in [1.54, 1.807) is 0 Å². The Kier molecular flexibility index (Phi) is 11.7. The third-order valence-corrected chi connectivity index (χ3v) is 3.11. The molecule has 0 rings (SSSR count). The van der Waals surface area contributed by atoms with Crippen LogP contribution < -0.4 is 0 Å². The maximum atomic E-state index is 11.2. The number of hydrogen-bond donors (Lipinski definition) is 0. The predicted molar refractivity (Wildman–Crippen MR) is 91.3 cm³/mol. The number of allylic oxidation sites excluding steroid dienone is 6. The fourth-order valence-electron chi connectivity index (χ4n) is 1.86. The Morgan fingerprint density at radius 2 is 1.52 bits per heavy atom. The highest BCUT2D eigenvalue weighted by atomic mass is 16.5. The van der Waals surface area contributed by atoms with E-state index in [-0.39, 0.29) is 6.42 Å². The number of rotatable bonds is 13. The van der Waals surface area contributed by atoms with Crippen molar-refractivity contribution in [2.75, 3.05) is 7.04 Å². The van der Waals surface area contributed by atoms with Gasteiger partial charge in [0, 0.05) is 6.42 Å². The first-order valence-electron chi connectivity index (χ1n) is 9.62. The zero-order valence-electron chi connectivity index (χ0n) is 16.4. The first kappa shape index (κ1) is 14.6. The molecule has 0 radical (unpaired) electrons. The van der Waals surface area contributed by atoms with Crippen LogP contribution in [0.4, 0.5) is 0 Å². The molecule has 0 aliphatic carbocycles. The van der Waals surface area contributed by atoms with Crippen LogP contribution in [0, 0.1) is 0 Å². The summed E-state index contributed by atoms with van der Waals surface area (Å²) < 4.78 is 24.7. The van der Waals surface area contributed by atoms with Crippen LogP contribution in [0.3, 0.4) is 0 Å². The molecule has 0 amide bonds. The highest BCUT2D eigenvalue weighted by Gasteiger charge is 1.96. The van der Waals surface area contributed by atoms with E-state index in [4.69, 9.17) is 4.11 Å². The Labute approximate surface area is 135 Å². The minimum Gasteiger partial charge on any atom is -0.469 e. The van der Waals surface area contributed by atoms with Crippen molar-refractivity contribution in [3.63, 3.8) is 0 Å². The van der Waals surface area contributed by atoms with Gasteiger partial charge in [0.05, 0.1) is 11.2 Å². The van der Waals surface area contributed by atoms with Gasteiger partial charge in [0.15, 0.2) is 0 Å². The summed E-state index contributed by atoms with van der Waals surface area (Å²) in [5, 5.41) is 0. The molecule has 2 nitrogen and oxygen atoms in total. The van der Waals surface area contributed by atoms with E-state index < -0.39 is 13.0 Å². The SMILES string of the molecule is [2H]C([2H])([2H])OC(=O)CCC/C=C\CC/C=C\C/C=C\CCCCC. The van der Waals surface area contributed by atoms with Crippen LogP contribution in [0.25, 0.3) is 0 Å². The van der Waals surface area contributed by atoms with Crippen LogP contribution in [-0.2, 0) is 9.53 Å². The van der Waals surface area contributed by atoms with Crippen molar-refractivity contribution in [2.45, 2.75) is 71.1 Å². The van der Waals surface area contributed by atoms with Crippen molar-refractivity contribution in [2.24, 2.45) is 0 Å². The van der Waals surface area contributed by atoms with Gasteiger partial charge in [-0.05, 0) is 44.9 Å². The molecule has 0 bridgehead atoms. The second-order valence-electron chi connectivity index (χ2n) is 5.09. The van der Waals surface area contributed by atoms with Crippen molar-refractivity contribution < 1.29 is 13.6 Å². The summed E-state index contributed by atoms with van der Waals surface area (Å²) in [6, 6.07) is 0. The second kappa shape index (κ2) is 16.7. The summed E-state index contributed by atoms with van der Waals surface area (Å²) in [6.07, 6.45) is 22.6. The molecular weight excluding hydrogens is 260 g/mol. The average molecular weight is 295 g/mol. The van der Waals surface area contributed by atoms with Crippen LogP contribution in [0.5, 0.6) is 0 Å². The first-order valence-corrected chi connectivity index (χ1v) is 8.12. The van der Waals surface area contributed by atoms with Crippen molar-refractivity contribution >= 4 is 5.97 Å². The molecule has 0 spiro atoms. The van der Waals surface area contributed by atoms with Crippen LogP contribution in [0.2, 0.25) is 0 Å². The highest BCUT2D eigenvalue weighted by molar-refractivity contribution is 5.68.